The van der Waals surface area contributed by atoms with Crippen molar-refractivity contribution in [2.75, 3.05) is 0 Å². The van der Waals surface area contributed by atoms with Crippen molar-refractivity contribution in [1.82, 2.24) is 20.2 Å². The van der Waals surface area contributed by atoms with Crippen LogP contribution in [-0.2, 0) is 17.8 Å². The van der Waals surface area contributed by atoms with Crippen LogP contribution in [-0.4, -0.2) is 31.3 Å². The summed E-state index contributed by atoms with van der Waals surface area (Å²) in [5.74, 6) is 0.812. The number of nitrogens with zero attached hydrogens (tertiary/aromatic N) is 4. The summed E-state index contributed by atoms with van der Waals surface area (Å²) in [6.45, 7) is 3.97. The summed E-state index contributed by atoms with van der Waals surface area (Å²) in [6.07, 6.45) is 7.80. The lowest BCUT2D eigenvalue weighted by Gasteiger charge is -2.23. The first kappa shape index (κ1) is 14.9. The molecule has 6 heteroatoms. The van der Waals surface area contributed by atoms with Gasteiger partial charge in [0.05, 0.1) is 12.0 Å². The maximum Gasteiger partial charge on any atom is 0.311 e. The Morgan fingerprint density at radius 3 is 2.75 bits per heavy atom. The molecule has 0 bridgehead atoms. The van der Waals surface area contributed by atoms with Crippen molar-refractivity contribution >= 4 is 5.97 Å². The highest BCUT2D eigenvalue weighted by Crippen LogP contribution is 2.29. The largest absolute Gasteiger partial charge is 0.481 e. The van der Waals surface area contributed by atoms with Gasteiger partial charge in [0.1, 0.15) is 0 Å². The molecule has 1 aliphatic rings. The molecule has 0 radical (unpaired) electrons. The lowest BCUT2D eigenvalue weighted by Crippen LogP contribution is -2.33. The minimum absolute atomic E-state index is 0.339. The van der Waals surface area contributed by atoms with E-state index >= 15 is 0 Å². The molecule has 0 spiro atoms. The van der Waals surface area contributed by atoms with Gasteiger partial charge >= 0.3 is 5.97 Å². The van der Waals surface area contributed by atoms with Gasteiger partial charge in [0.25, 0.3) is 0 Å². The number of aliphatic carboxylic acids is 1. The third kappa shape index (κ3) is 3.35. The molecular formula is C14H24N4O2. The van der Waals surface area contributed by atoms with E-state index in [4.69, 9.17) is 0 Å². The van der Waals surface area contributed by atoms with E-state index in [1.807, 2.05) is 6.92 Å². The topological polar surface area (TPSA) is 80.9 Å². The number of aryl methyl sites for hydroxylation is 1. The number of carbonyl (C=O) groups is 1. The molecule has 0 aliphatic heterocycles. The van der Waals surface area contributed by atoms with E-state index in [0.717, 1.165) is 24.6 Å². The minimum Gasteiger partial charge on any atom is -0.481 e. The Balaban J connectivity index is 1.98. The maximum absolute atomic E-state index is 11.4. The fourth-order valence-electron chi connectivity index (χ4n) is 2.82. The zero-order valence-electron chi connectivity index (χ0n) is 12.4. The molecule has 0 saturated heterocycles. The van der Waals surface area contributed by atoms with Gasteiger partial charge in [-0.15, -0.1) is 5.10 Å². The second kappa shape index (κ2) is 6.33. The molecule has 0 aromatic carbocycles. The third-order valence-electron chi connectivity index (χ3n) is 4.65. The van der Waals surface area contributed by atoms with Crippen molar-refractivity contribution in [3.8, 4) is 0 Å². The Bertz CT molecular complexity index is 454. The first-order valence-electron chi connectivity index (χ1n) is 7.53. The first-order valence-corrected chi connectivity index (χ1v) is 7.53. The van der Waals surface area contributed by atoms with Crippen LogP contribution in [0.5, 0.6) is 0 Å². The lowest BCUT2D eigenvalue weighted by molar-refractivity contribution is -0.149. The van der Waals surface area contributed by atoms with Gasteiger partial charge in [-0.1, -0.05) is 32.6 Å². The van der Waals surface area contributed by atoms with Crippen LogP contribution in [0.1, 0.15) is 58.2 Å². The second-order valence-corrected chi connectivity index (χ2v) is 6.16. The second-order valence-electron chi connectivity index (χ2n) is 6.16. The van der Waals surface area contributed by atoms with E-state index in [1.54, 1.807) is 11.6 Å². The molecule has 20 heavy (non-hydrogen) atoms. The Hall–Kier alpha value is -1.46. The standard InChI is InChI=1S/C14H24N4O2/c1-3-14(2,13(19)20)10-18-12(15-16-17-18)9-8-11-6-4-5-7-11/h11H,3-10H2,1-2H3,(H,19,20). The number of aromatic nitrogens is 4. The fourth-order valence-corrected chi connectivity index (χ4v) is 2.82. The van der Waals surface area contributed by atoms with E-state index in [1.165, 1.54) is 25.7 Å². The van der Waals surface area contributed by atoms with Gasteiger partial charge in [0.15, 0.2) is 5.82 Å². The van der Waals surface area contributed by atoms with Crippen LogP contribution in [0, 0.1) is 11.3 Å². The molecule has 1 saturated carbocycles. The average molecular weight is 280 g/mol. The highest BCUT2D eigenvalue weighted by Gasteiger charge is 2.33. The molecule has 1 aromatic rings. The molecule has 0 amide bonds. The molecule has 1 unspecified atom stereocenters. The Kier molecular flexibility index (Phi) is 4.73. The van der Waals surface area contributed by atoms with Crippen LogP contribution in [0.15, 0.2) is 0 Å². The summed E-state index contributed by atoms with van der Waals surface area (Å²) < 4.78 is 1.67. The van der Waals surface area contributed by atoms with Gasteiger partial charge in [-0.3, -0.25) is 4.79 Å². The Labute approximate surface area is 119 Å². The monoisotopic (exact) mass is 280 g/mol. The molecule has 112 valence electrons. The zero-order valence-corrected chi connectivity index (χ0v) is 12.4. The van der Waals surface area contributed by atoms with E-state index < -0.39 is 11.4 Å². The molecule has 6 nitrogen and oxygen atoms in total. The summed E-state index contributed by atoms with van der Waals surface area (Å²) in [5.41, 5.74) is -0.808. The van der Waals surface area contributed by atoms with Crippen LogP contribution in [0.3, 0.4) is 0 Å². The van der Waals surface area contributed by atoms with Gasteiger partial charge in [-0.25, -0.2) is 4.68 Å². The predicted molar refractivity (Wildman–Crippen MR) is 74.1 cm³/mol. The van der Waals surface area contributed by atoms with Gasteiger partial charge in [-0.05, 0) is 36.1 Å². The molecule has 2 rings (SSSR count). The van der Waals surface area contributed by atoms with E-state index in [0.29, 0.717) is 13.0 Å². The van der Waals surface area contributed by atoms with E-state index in [9.17, 15) is 9.90 Å². The summed E-state index contributed by atoms with van der Waals surface area (Å²) in [4.78, 5) is 11.4. The van der Waals surface area contributed by atoms with Crippen molar-refractivity contribution in [1.29, 1.82) is 0 Å². The maximum atomic E-state index is 11.4. The Morgan fingerprint density at radius 1 is 1.45 bits per heavy atom. The van der Waals surface area contributed by atoms with Gasteiger partial charge < -0.3 is 5.11 Å². The number of rotatable bonds is 7. The van der Waals surface area contributed by atoms with Crippen molar-refractivity contribution in [2.24, 2.45) is 11.3 Å². The highest BCUT2D eigenvalue weighted by atomic mass is 16.4. The Morgan fingerprint density at radius 2 is 2.15 bits per heavy atom. The zero-order chi connectivity index (χ0) is 14.6. The number of tetrazole rings is 1. The van der Waals surface area contributed by atoms with Crippen LogP contribution in [0.2, 0.25) is 0 Å². The quantitative estimate of drug-likeness (QED) is 0.828. The fraction of sp³-hybridized carbons (Fsp3) is 0.857. The minimum atomic E-state index is -0.808. The van der Waals surface area contributed by atoms with Crippen molar-refractivity contribution < 1.29 is 9.90 Å². The number of carboxylic acid groups (broad SMARTS) is 1. The van der Waals surface area contributed by atoms with E-state index in [2.05, 4.69) is 15.5 Å². The molecule has 1 N–H and O–H groups in total. The average Bonchev–Trinajstić information content (AvgIpc) is 3.07. The number of hydrogen-bond acceptors (Lipinski definition) is 4. The van der Waals surface area contributed by atoms with Gasteiger partial charge in [0.2, 0.25) is 0 Å². The molecular weight excluding hydrogens is 256 g/mol. The normalized spacial score (nSPS) is 19.1. The molecule has 1 aromatic heterocycles. The highest BCUT2D eigenvalue weighted by molar-refractivity contribution is 5.73. The van der Waals surface area contributed by atoms with E-state index in [-0.39, 0.29) is 0 Å². The first-order chi connectivity index (χ1) is 9.55. The lowest BCUT2D eigenvalue weighted by atomic mass is 9.87. The van der Waals surface area contributed by atoms with Crippen molar-refractivity contribution in [2.45, 2.75) is 65.3 Å². The predicted octanol–water partition coefficient (Wildman–Crippen LogP) is 2.30. The third-order valence-corrected chi connectivity index (χ3v) is 4.65. The van der Waals surface area contributed by atoms with Crippen LogP contribution in [0.4, 0.5) is 0 Å². The summed E-state index contributed by atoms with van der Waals surface area (Å²) in [5, 5.41) is 21.1. The summed E-state index contributed by atoms with van der Waals surface area (Å²) in [6, 6.07) is 0. The smallest absolute Gasteiger partial charge is 0.311 e. The molecule has 1 heterocycles. The van der Waals surface area contributed by atoms with Crippen molar-refractivity contribution in [3.63, 3.8) is 0 Å². The number of hydrogen-bond donors (Lipinski definition) is 1. The van der Waals surface area contributed by atoms with Crippen molar-refractivity contribution in [3.05, 3.63) is 5.82 Å². The molecule has 1 fully saturated rings. The molecule has 1 aliphatic carbocycles. The SMILES string of the molecule is CCC(C)(Cn1nnnc1CCC1CCCC1)C(=O)O. The van der Waals surface area contributed by atoms with Crippen LogP contribution in [0.25, 0.3) is 0 Å². The van der Waals surface area contributed by atoms with Crippen LogP contribution >= 0.6 is 0 Å². The molecule has 1 atom stereocenters. The van der Waals surface area contributed by atoms with Gasteiger partial charge in [0, 0.05) is 6.42 Å². The summed E-state index contributed by atoms with van der Waals surface area (Å²) >= 11 is 0. The summed E-state index contributed by atoms with van der Waals surface area (Å²) in [7, 11) is 0. The van der Waals surface area contributed by atoms with Gasteiger partial charge in [-0.2, -0.15) is 0 Å². The number of carboxylic acids is 1. The van der Waals surface area contributed by atoms with Crippen LogP contribution < -0.4 is 0 Å².